The third-order valence-electron chi connectivity index (χ3n) is 5.65. The number of aryl methyl sites for hydroxylation is 1. The van der Waals surface area contributed by atoms with Crippen LogP contribution in [0.1, 0.15) is 11.6 Å². The second kappa shape index (κ2) is 8.13. The minimum Gasteiger partial charge on any atom is -0.377 e. The Balaban J connectivity index is 1.66. The van der Waals surface area contributed by atoms with Crippen LogP contribution in [0.25, 0.3) is 22.0 Å². The van der Waals surface area contributed by atoms with Gasteiger partial charge in [0, 0.05) is 31.2 Å². The van der Waals surface area contributed by atoms with Crippen molar-refractivity contribution >= 4 is 28.3 Å². The molecule has 1 atom stereocenters. The third kappa shape index (κ3) is 3.80. The summed E-state index contributed by atoms with van der Waals surface area (Å²) in [7, 11) is 1.75. The lowest BCUT2D eigenvalue weighted by Crippen LogP contribution is -2.40. The van der Waals surface area contributed by atoms with Gasteiger partial charge in [-0.25, -0.2) is 4.98 Å². The maximum Gasteiger partial charge on any atom is 0.250 e. The molecular formula is C24H21ClN4O2. The van der Waals surface area contributed by atoms with E-state index in [9.17, 15) is 4.79 Å². The number of pyridine rings is 1. The molecule has 0 radical (unpaired) electrons. The molecule has 2 aromatic heterocycles. The average molecular weight is 433 g/mol. The molecule has 4 aromatic rings. The van der Waals surface area contributed by atoms with E-state index in [0.717, 1.165) is 27.8 Å². The molecule has 0 bridgehead atoms. The maximum absolute atomic E-state index is 11.8. The van der Waals surface area contributed by atoms with Crippen LogP contribution < -0.4 is 10.5 Å². The molecule has 0 N–H and O–H groups in total. The molecule has 0 unspecified atom stereocenters. The Hall–Kier alpha value is -3.22. The number of ether oxygens (including phenoxy) is 1. The van der Waals surface area contributed by atoms with E-state index >= 15 is 0 Å². The Kier molecular flexibility index (Phi) is 5.18. The fourth-order valence-corrected chi connectivity index (χ4v) is 4.23. The predicted molar refractivity (Wildman–Crippen MR) is 123 cm³/mol. The second-order valence-corrected chi connectivity index (χ2v) is 7.95. The molecule has 7 heteroatoms. The Morgan fingerprint density at radius 1 is 1.03 bits per heavy atom. The monoisotopic (exact) mass is 432 g/mol. The lowest BCUT2D eigenvalue weighted by Gasteiger charge is -2.37. The summed E-state index contributed by atoms with van der Waals surface area (Å²) in [6.45, 7) is 1.90. The molecule has 0 spiro atoms. The van der Waals surface area contributed by atoms with Crippen LogP contribution in [0.15, 0.2) is 71.7 Å². The van der Waals surface area contributed by atoms with Crippen molar-refractivity contribution < 1.29 is 4.74 Å². The van der Waals surface area contributed by atoms with Crippen molar-refractivity contribution in [3.8, 4) is 11.1 Å². The molecule has 1 aliphatic heterocycles. The summed E-state index contributed by atoms with van der Waals surface area (Å²) in [5, 5.41) is 1.13. The van der Waals surface area contributed by atoms with E-state index in [1.165, 1.54) is 5.56 Å². The number of benzene rings is 2. The van der Waals surface area contributed by atoms with Gasteiger partial charge in [0.1, 0.15) is 5.82 Å². The van der Waals surface area contributed by atoms with Crippen molar-refractivity contribution in [2.24, 2.45) is 7.05 Å². The summed E-state index contributed by atoms with van der Waals surface area (Å²) in [6.07, 6.45) is 1.83. The molecule has 5 rings (SSSR count). The van der Waals surface area contributed by atoms with E-state index in [4.69, 9.17) is 16.3 Å². The van der Waals surface area contributed by atoms with Gasteiger partial charge >= 0.3 is 0 Å². The van der Waals surface area contributed by atoms with Gasteiger partial charge in [0.25, 0.3) is 0 Å². The standard InChI is InChI=1S/C24H21ClN4O2/c1-28-14-18(8-10-22(28)30)17-7-9-20-19(13-17)23(27-24(25)26-20)29-11-12-31-15-21(29)16-5-3-2-4-6-16/h2-10,13-14,21H,11-12,15H2,1H3/t21-/m1/s1. The smallest absolute Gasteiger partial charge is 0.250 e. The van der Waals surface area contributed by atoms with Gasteiger partial charge in [-0.15, -0.1) is 0 Å². The molecule has 1 saturated heterocycles. The van der Waals surface area contributed by atoms with Gasteiger partial charge < -0.3 is 14.2 Å². The highest BCUT2D eigenvalue weighted by Crippen LogP contribution is 2.35. The van der Waals surface area contributed by atoms with Gasteiger partial charge in [-0.2, -0.15) is 4.98 Å². The first-order chi connectivity index (χ1) is 15.1. The average Bonchev–Trinajstić information content (AvgIpc) is 2.80. The Morgan fingerprint density at radius 3 is 2.65 bits per heavy atom. The van der Waals surface area contributed by atoms with Gasteiger partial charge in [-0.1, -0.05) is 36.4 Å². The number of halogens is 1. The number of anilines is 1. The normalized spacial score (nSPS) is 16.6. The van der Waals surface area contributed by atoms with E-state index in [1.54, 1.807) is 17.7 Å². The lowest BCUT2D eigenvalue weighted by atomic mass is 10.0. The van der Waals surface area contributed by atoms with E-state index in [0.29, 0.717) is 19.8 Å². The van der Waals surface area contributed by atoms with Crippen LogP contribution in [-0.2, 0) is 11.8 Å². The topological polar surface area (TPSA) is 60.3 Å². The molecule has 6 nitrogen and oxygen atoms in total. The predicted octanol–water partition coefficient (Wildman–Crippen LogP) is 4.23. The maximum atomic E-state index is 11.8. The van der Waals surface area contributed by atoms with E-state index < -0.39 is 0 Å². The summed E-state index contributed by atoms with van der Waals surface area (Å²) in [6, 6.07) is 19.7. The minimum atomic E-state index is -0.0423. The Morgan fingerprint density at radius 2 is 1.84 bits per heavy atom. The van der Waals surface area contributed by atoms with Crippen LogP contribution in [0.2, 0.25) is 5.28 Å². The van der Waals surface area contributed by atoms with Gasteiger partial charge in [0.2, 0.25) is 10.8 Å². The molecule has 156 valence electrons. The highest BCUT2D eigenvalue weighted by molar-refractivity contribution is 6.28. The fourth-order valence-electron chi connectivity index (χ4n) is 4.06. The van der Waals surface area contributed by atoms with Crippen LogP contribution in [0.4, 0.5) is 5.82 Å². The van der Waals surface area contributed by atoms with Crippen LogP contribution in [-0.4, -0.2) is 34.3 Å². The van der Waals surface area contributed by atoms with Crippen LogP contribution >= 0.6 is 11.6 Å². The van der Waals surface area contributed by atoms with Crippen molar-refractivity contribution in [3.63, 3.8) is 0 Å². The van der Waals surface area contributed by atoms with E-state index in [-0.39, 0.29) is 16.9 Å². The number of fused-ring (bicyclic) bond motifs is 1. The molecule has 31 heavy (non-hydrogen) atoms. The van der Waals surface area contributed by atoms with Gasteiger partial charge in [-0.05, 0) is 46.5 Å². The van der Waals surface area contributed by atoms with Crippen LogP contribution in [0, 0.1) is 0 Å². The molecule has 3 heterocycles. The summed E-state index contributed by atoms with van der Waals surface area (Å²) in [5.41, 5.74) is 3.84. The SMILES string of the molecule is Cn1cc(-c2ccc3nc(Cl)nc(N4CCOC[C@@H]4c4ccccc4)c3c2)ccc1=O. The summed E-state index contributed by atoms with van der Waals surface area (Å²) in [5.74, 6) is 0.791. The number of morpholine rings is 1. The number of hydrogen-bond donors (Lipinski definition) is 0. The van der Waals surface area contributed by atoms with Crippen molar-refractivity contribution in [2.75, 3.05) is 24.7 Å². The van der Waals surface area contributed by atoms with Crippen molar-refractivity contribution in [1.29, 1.82) is 0 Å². The second-order valence-electron chi connectivity index (χ2n) is 7.61. The molecule has 0 amide bonds. The Labute approximate surface area is 184 Å². The van der Waals surface area contributed by atoms with Gasteiger partial charge in [-0.3, -0.25) is 4.79 Å². The largest absolute Gasteiger partial charge is 0.377 e. The van der Waals surface area contributed by atoms with Crippen LogP contribution in [0.3, 0.4) is 0 Å². The van der Waals surface area contributed by atoms with Crippen molar-refractivity contribution in [2.45, 2.75) is 6.04 Å². The summed E-state index contributed by atoms with van der Waals surface area (Å²) >= 11 is 6.31. The first-order valence-electron chi connectivity index (χ1n) is 10.1. The quantitative estimate of drug-likeness (QED) is 0.453. The molecule has 1 fully saturated rings. The zero-order chi connectivity index (χ0) is 21.4. The molecule has 0 aliphatic carbocycles. The van der Waals surface area contributed by atoms with Crippen molar-refractivity contribution in [1.82, 2.24) is 14.5 Å². The first-order valence-corrected chi connectivity index (χ1v) is 10.5. The molecular weight excluding hydrogens is 412 g/mol. The lowest BCUT2D eigenvalue weighted by molar-refractivity contribution is 0.0939. The Bertz CT molecular complexity index is 1310. The molecule has 1 aliphatic rings. The van der Waals surface area contributed by atoms with Gasteiger partial charge in [0.05, 0.1) is 24.8 Å². The van der Waals surface area contributed by atoms with Gasteiger partial charge in [0.15, 0.2) is 0 Å². The minimum absolute atomic E-state index is 0.0327. The van der Waals surface area contributed by atoms with Crippen molar-refractivity contribution in [3.05, 3.63) is 88.1 Å². The first kappa shape index (κ1) is 19.7. The van der Waals surface area contributed by atoms with E-state index in [1.807, 2.05) is 42.6 Å². The highest BCUT2D eigenvalue weighted by atomic mass is 35.5. The molecule has 0 saturated carbocycles. The highest BCUT2D eigenvalue weighted by Gasteiger charge is 2.27. The zero-order valence-electron chi connectivity index (χ0n) is 17.0. The number of hydrogen-bond acceptors (Lipinski definition) is 5. The third-order valence-corrected chi connectivity index (χ3v) is 5.82. The fraction of sp³-hybridized carbons (Fsp3) is 0.208. The van der Waals surface area contributed by atoms with Crippen LogP contribution in [0.5, 0.6) is 0 Å². The van der Waals surface area contributed by atoms with E-state index in [2.05, 4.69) is 33.1 Å². The summed E-state index contributed by atoms with van der Waals surface area (Å²) < 4.78 is 7.37. The molecule has 2 aromatic carbocycles. The number of rotatable bonds is 3. The summed E-state index contributed by atoms with van der Waals surface area (Å²) in [4.78, 5) is 23.1. The number of nitrogens with zero attached hydrogens (tertiary/aromatic N) is 4. The zero-order valence-corrected chi connectivity index (χ0v) is 17.8. The number of aromatic nitrogens is 3.